The number of oxazole rings is 1. The minimum Gasteiger partial charge on any atom is -0.423 e. The number of aromatic nitrogens is 1. The van der Waals surface area contributed by atoms with Gasteiger partial charge < -0.3 is 18.8 Å². The van der Waals surface area contributed by atoms with E-state index in [0.717, 1.165) is 37.2 Å². The van der Waals surface area contributed by atoms with Crippen molar-refractivity contribution in [1.82, 2.24) is 4.98 Å². The lowest BCUT2D eigenvalue weighted by Gasteiger charge is -2.38. The number of ether oxygens (including phenoxy) is 2. The molecule has 1 unspecified atom stereocenters. The molecule has 0 radical (unpaired) electrons. The van der Waals surface area contributed by atoms with E-state index in [4.69, 9.17) is 13.9 Å². The van der Waals surface area contributed by atoms with Crippen molar-refractivity contribution in [3.63, 3.8) is 0 Å². The molecule has 0 amide bonds. The minimum absolute atomic E-state index is 0.168. The number of hydrogen-bond donors (Lipinski definition) is 0. The van der Waals surface area contributed by atoms with Crippen molar-refractivity contribution in [2.45, 2.75) is 12.0 Å². The second-order valence-corrected chi connectivity index (χ2v) is 5.22. The van der Waals surface area contributed by atoms with Gasteiger partial charge in [0.1, 0.15) is 11.1 Å². The van der Waals surface area contributed by atoms with Crippen molar-refractivity contribution < 1.29 is 13.9 Å². The van der Waals surface area contributed by atoms with E-state index in [0.29, 0.717) is 19.2 Å². The van der Waals surface area contributed by atoms with Gasteiger partial charge in [0.2, 0.25) is 0 Å². The van der Waals surface area contributed by atoms with Gasteiger partial charge in [-0.1, -0.05) is 12.1 Å². The summed E-state index contributed by atoms with van der Waals surface area (Å²) >= 11 is 0. The molecule has 2 aromatic rings. The minimum atomic E-state index is -0.168. The summed E-state index contributed by atoms with van der Waals surface area (Å²) in [5.41, 5.74) is 1.57. The van der Waals surface area contributed by atoms with Crippen molar-refractivity contribution in [1.29, 1.82) is 0 Å². The van der Waals surface area contributed by atoms with Gasteiger partial charge in [-0.3, -0.25) is 0 Å². The maximum atomic E-state index is 5.92. The molecule has 2 aliphatic rings. The number of morpholine rings is 1. The normalized spacial score (nSPS) is 27.5. The van der Waals surface area contributed by atoms with E-state index in [2.05, 4.69) is 9.88 Å². The molecule has 3 heterocycles. The highest BCUT2D eigenvalue weighted by atomic mass is 16.6. The molecule has 100 valence electrons. The fourth-order valence-corrected chi connectivity index (χ4v) is 2.83. The summed E-state index contributed by atoms with van der Waals surface area (Å²) in [5, 5.41) is 0. The van der Waals surface area contributed by atoms with Crippen LogP contribution in [0.3, 0.4) is 0 Å². The predicted octanol–water partition coefficient (Wildman–Crippen LogP) is 1.82. The smallest absolute Gasteiger partial charge is 0.298 e. The standard InChI is InChI=1S/C14H16N2O3/c1-2-4-12-11(3-1)15-13(19-12)16-6-8-18-14(9-16)5-7-17-10-14/h1-4H,5-10H2. The highest BCUT2D eigenvalue weighted by Gasteiger charge is 2.41. The Morgan fingerprint density at radius 3 is 3.00 bits per heavy atom. The Balaban J connectivity index is 1.64. The van der Waals surface area contributed by atoms with Gasteiger partial charge in [-0.2, -0.15) is 4.98 Å². The van der Waals surface area contributed by atoms with Crippen molar-refractivity contribution in [2.24, 2.45) is 0 Å². The molecule has 0 bridgehead atoms. The molecule has 0 N–H and O–H groups in total. The monoisotopic (exact) mass is 260 g/mol. The maximum absolute atomic E-state index is 5.92. The van der Waals surface area contributed by atoms with Crippen LogP contribution in [0.25, 0.3) is 11.1 Å². The summed E-state index contributed by atoms with van der Waals surface area (Å²) in [5.74, 6) is 0. The Morgan fingerprint density at radius 1 is 1.21 bits per heavy atom. The largest absolute Gasteiger partial charge is 0.423 e. The Bertz CT molecular complexity index is 556. The van der Waals surface area contributed by atoms with Gasteiger partial charge in [-0.25, -0.2) is 0 Å². The fraction of sp³-hybridized carbons (Fsp3) is 0.500. The van der Waals surface area contributed by atoms with Crippen molar-refractivity contribution in [2.75, 3.05) is 37.8 Å². The molecular formula is C14H16N2O3. The Labute approximate surface area is 111 Å². The van der Waals surface area contributed by atoms with Gasteiger partial charge in [0.05, 0.1) is 19.8 Å². The average molecular weight is 260 g/mol. The SMILES string of the molecule is c1ccc2oc(N3CCOC4(CCOC4)C3)nc2c1. The number of hydrogen-bond acceptors (Lipinski definition) is 5. The number of nitrogens with zero attached hydrogens (tertiary/aromatic N) is 2. The number of rotatable bonds is 1. The molecule has 1 aromatic carbocycles. The summed E-state index contributed by atoms with van der Waals surface area (Å²) < 4.78 is 17.2. The number of fused-ring (bicyclic) bond motifs is 1. The van der Waals surface area contributed by atoms with Crippen LogP contribution in [0.4, 0.5) is 6.01 Å². The van der Waals surface area contributed by atoms with E-state index >= 15 is 0 Å². The van der Waals surface area contributed by atoms with Crippen molar-refractivity contribution in [3.05, 3.63) is 24.3 Å². The van der Waals surface area contributed by atoms with Gasteiger partial charge in [-0.15, -0.1) is 0 Å². The van der Waals surface area contributed by atoms with Crippen LogP contribution in [0.2, 0.25) is 0 Å². The van der Waals surface area contributed by atoms with Gasteiger partial charge in [-0.05, 0) is 12.1 Å². The Hall–Kier alpha value is -1.59. The molecule has 19 heavy (non-hydrogen) atoms. The van der Waals surface area contributed by atoms with E-state index in [1.165, 1.54) is 0 Å². The van der Waals surface area contributed by atoms with Crippen molar-refractivity contribution >= 4 is 17.1 Å². The van der Waals surface area contributed by atoms with Gasteiger partial charge in [0, 0.05) is 19.6 Å². The zero-order chi connectivity index (χ0) is 12.7. The molecule has 1 aromatic heterocycles. The maximum Gasteiger partial charge on any atom is 0.298 e. The summed E-state index contributed by atoms with van der Waals surface area (Å²) in [7, 11) is 0. The van der Waals surface area contributed by atoms with E-state index in [-0.39, 0.29) is 5.60 Å². The summed E-state index contributed by atoms with van der Waals surface area (Å²) in [6, 6.07) is 8.54. The molecule has 0 saturated carbocycles. The summed E-state index contributed by atoms with van der Waals surface area (Å²) in [6.45, 7) is 3.75. The average Bonchev–Trinajstić information content (AvgIpc) is 3.05. The zero-order valence-corrected chi connectivity index (χ0v) is 10.7. The predicted molar refractivity (Wildman–Crippen MR) is 70.3 cm³/mol. The molecular weight excluding hydrogens is 244 g/mol. The van der Waals surface area contributed by atoms with Crippen LogP contribution in [0.5, 0.6) is 0 Å². The second-order valence-electron chi connectivity index (χ2n) is 5.22. The van der Waals surface area contributed by atoms with Crippen LogP contribution in [-0.4, -0.2) is 43.5 Å². The lowest BCUT2D eigenvalue weighted by atomic mass is 10.0. The van der Waals surface area contributed by atoms with Crippen LogP contribution in [0, 0.1) is 0 Å². The summed E-state index contributed by atoms with van der Waals surface area (Å²) in [4.78, 5) is 6.72. The van der Waals surface area contributed by atoms with Crippen LogP contribution in [0.15, 0.2) is 28.7 Å². The number of benzene rings is 1. The zero-order valence-electron chi connectivity index (χ0n) is 10.7. The molecule has 2 fully saturated rings. The molecule has 1 atom stereocenters. The second kappa shape index (κ2) is 4.21. The van der Waals surface area contributed by atoms with E-state index < -0.39 is 0 Å². The molecule has 4 rings (SSSR count). The molecule has 1 spiro atoms. The van der Waals surface area contributed by atoms with Crippen LogP contribution >= 0.6 is 0 Å². The van der Waals surface area contributed by atoms with Crippen LogP contribution in [-0.2, 0) is 9.47 Å². The third-order valence-corrected chi connectivity index (χ3v) is 3.87. The Morgan fingerprint density at radius 2 is 2.16 bits per heavy atom. The lowest BCUT2D eigenvalue weighted by molar-refractivity contribution is -0.0589. The summed E-state index contributed by atoms with van der Waals surface area (Å²) in [6.07, 6.45) is 0.948. The first-order valence-electron chi connectivity index (χ1n) is 6.67. The van der Waals surface area contributed by atoms with Crippen LogP contribution < -0.4 is 4.90 Å². The highest BCUT2D eigenvalue weighted by molar-refractivity contribution is 5.74. The molecule has 5 nitrogen and oxygen atoms in total. The topological polar surface area (TPSA) is 47.7 Å². The Kier molecular flexibility index (Phi) is 2.50. The van der Waals surface area contributed by atoms with E-state index in [9.17, 15) is 0 Å². The first-order valence-corrected chi connectivity index (χ1v) is 6.67. The van der Waals surface area contributed by atoms with Gasteiger partial charge >= 0.3 is 0 Å². The third kappa shape index (κ3) is 1.89. The van der Waals surface area contributed by atoms with E-state index in [1.54, 1.807) is 0 Å². The lowest BCUT2D eigenvalue weighted by Crippen LogP contribution is -2.52. The first-order chi connectivity index (χ1) is 9.35. The third-order valence-electron chi connectivity index (χ3n) is 3.87. The van der Waals surface area contributed by atoms with Gasteiger partial charge in [0.15, 0.2) is 5.58 Å². The highest BCUT2D eigenvalue weighted by Crippen LogP contribution is 2.31. The fourth-order valence-electron chi connectivity index (χ4n) is 2.83. The molecule has 2 aliphatic heterocycles. The quantitative estimate of drug-likeness (QED) is 0.782. The van der Waals surface area contributed by atoms with Crippen molar-refractivity contribution in [3.8, 4) is 0 Å². The van der Waals surface area contributed by atoms with E-state index in [1.807, 2.05) is 24.3 Å². The first kappa shape index (κ1) is 11.3. The molecule has 5 heteroatoms. The van der Waals surface area contributed by atoms with Gasteiger partial charge in [0.25, 0.3) is 6.01 Å². The number of para-hydroxylation sites is 2. The number of anilines is 1. The van der Waals surface area contributed by atoms with Crippen LogP contribution in [0.1, 0.15) is 6.42 Å². The molecule has 0 aliphatic carbocycles. The molecule has 2 saturated heterocycles.